The average Bonchev–Trinajstić information content (AvgIpc) is 2.85. The third-order valence-corrected chi connectivity index (χ3v) is 6.16. The molecule has 0 bridgehead atoms. The van der Waals surface area contributed by atoms with Crippen LogP contribution in [-0.2, 0) is 6.54 Å². The van der Waals surface area contributed by atoms with E-state index in [1.165, 1.54) is 61.8 Å². The van der Waals surface area contributed by atoms with Crippen LogP contribution >= 0.6 is 0 Å². The molecule has 2 fully saturated rings. The molecule has 0 N–H and O–H groups in total. The maximum Gasteiger partial charge on any atom is 0.0698 e. The zero-order valence-electron chi connectivity index (χ0n) is 16.5. The van der Waals surface area contributed by atoms with Gasteiger partial charge < -0.3 is 5.01 Å². The van der Waals surface area contributed by atoms with E-state index in [1.54, 1.807) is 0 Å². The average molecular weight is 355 g/mol. The summed E-state index contributed by atoms with van der Waals surface area (Å²) in [5.74, 6) is 0. The lowest BCUT2D eigenvalue weighted by Crippen LogP contribution is -2.39. The molecule has 26 heavy (non-hydrogen) atoms. The zero-order valence-corrected chi connectivity index (χ0v) is 16.5. The number of benzene rings is 1. The molecule has 0 atom stereocenters. The summed E-state index contributed by atoms with van der Waals surface area (Å²) in [6, 6.07) is 9.62. The van der Waals surface area contributed by atoms with Gasteiger partial charge in [-0.2, -0.15) is 0 Å². The molecular weight excluding hydrogens is 320 g/mol. The molecule has 2 aromatic rings. The van der Waals surface area contributed by atoms with Crippen LogP contribution in [0.4, 0.5) is 0 Å². The van der Waals surface area contributed by atoms with Gasteiger partial charge in [-0.05, 0) is 57.8 Å². The second kappa shape index (κ2) is 8.01. The van der Waals surface area contributed by atoms with Gasteiger partial charge in [-0.15, -0.1) is 0 Å². The molecule has 4 rings (SSSR count). The Morgan fingerprint density at radius 1 is 0.846 bits per heavy atom. The van der Waals surface area contributed by atoms with Crippen molar-refractivity contribution in [2.75, 3.05) is 44.3 Å². The predicted molar refractivity (Wildman–Crippen MR) is 110 cm³/mol. The summed E-state index contributed by atoms with van der Waals surface area (Å²) in [4.78, 5) is 5.25. The van der Waals surface area contributed by atoms with Gasteiger partial charge in [0.25, 0.3) is 0 Å². The van der Waals surface area contributed by atoms with Gasteiger partial charge in [-0.25, -0.2) is 0 Å². The molecule has 0 aliphatic carbocycles. The van der Waals surface area contributed by atoms with Crippen LogP contribution in [0.25, 0.3) is 10.9 Å². The van der Waals surface area contributed by atoms with Crippen molar-refractivity contribution in [3.63, 3.8) is 0 Å². The van der Waals surface area contributed by atoms with Crippen LogP contribution in [0.3, 0.4) is 0 Å². The molecule has 2 saturated heterocycles. The van der Waals surface area contributed by atoms with Crippen LogP contribution in [0.2, 0.25) is 0 Å². The summed E-state index contributed by atoms with van der Waals surface area (Å²) < 4.78 is 2.46. The minimum absolute atomic E-state index is 0.644. The van der Waals surface area contributed by atoms with Crippen molar-refractivity contribution in [1.82, 2.24) is 14.5 Å². The number of hydrogen-bond donors (Lipinski definition) is 0. The van der Waals surface area contributed by atoms with E-state index < -0.39 is 0 Å². The molecule has 2 aliphatic rings. The van der Waals surface area contributed by atoms with E-state index in [-0.39, 0.29) is 0 Å². The normalized spacial score (nSPS) is 20.8. The molecule has 4 nitrogen and oxygen atoms in total. The fraction of sp³-hybridized carbons (Fsp3) is 0.636. The first kappa shape index (κ1) is 17.9. The Hall–Kier alpha value is -1.52. The van der Waals surface area contributed by atoms with Crippen LogP contribution in [0.1, 0.15) is 45.1 Å². The number of rotatable bonds is 4. The first-order valence-corrected chi connectivity index (χ1v) is 10.5. The van der Waals surface area contributed by atoms with Crippen molar-refractivity contribution in [3.8, 4) is 0 Å². The van der Waals surface area contributed by atoms with E-state index in [0.29, 0.717) is 6.04 Å². The number of para-hydroxylation sites is 1. The summed E-state index contributed by atoms with van der Waals surface area (Å²) in [5.41, 5.74) is 2.87. The van der Waals surface area contributed by atoms with Crippen LogP contribution in [0.15, 0.2) is 30.5 Å². The molecule has 1 aromatic carbocycles. The minimum Gasteiger partial charge on any atom is -0.311 e. The Morgan fingerprint density at radius 2 is 1.65 bits per heavy atom. The summed E-state index contributed by atoms with van der Waals surface area (Å²) in [6.07, 6.45) is 7.78. The van der Waals surface area contributed by atoms with E-state index in [2.05, 4.69) is 63.8 Å². The van der Waals surface area contributed by atoms with Crippen LogP contribution < -0.4 is 5.01 Å². The van der Waals surface area contributed by atoms with Gasteiger partial charge in [-0.1, -0.05) is 24.6 Å². The predicted octanol–water partition coefficient (Wildman–Crippen LogP) is 3.68. The SMILES string of the molecule is CC(C)N1CCCN(n2cc(CN3CCCCC3)c3ccccc32)CC1. The first-order valence-electron chi connectivity index (χ1n) is 10.5. The van der Waals surface area contributed by atoms with Crippen LogP contribution in [0, 0.1) is 0 Å². The highest BCUT2D eigenvalue weighted by atomic mass is 15.5. The molecule has 0 saturated carbocycles. The monoisotopic (exact) mass is 354 g/mol. The number of likely N-dealkylation sites (tertiary alicyclic amines) is 1. The standard InChI is InChI=1S/C22H34N4/c1-19(2)24-13-8-14-25(16-15-24)26-18-20(17-23-11-6-3-7-12-23)21-9-4-5-10-22(21)26/h4-5,9-10,18-19H,3,6-8,11-17H2,1-2H3. The van der Waals surface area contributed by atoms with Crippen LogP contribution in [-0.4, -0.2) is 59.8 Å². The molecule has 4 heteroatoms. The smallest absolute Gasteiger partial charge is 0.0698 e. The Balaban J connectivity index is 1.58. The fourth-order valence-electron chi connectivity index (χ4n) is 4.61. The molecule has 0 spiro atoms. The van der Waals surface area contributed by atoms with E-state index >= 15 is 0 Å². The zero-order chi connectivity index (χ0) is 17.9. The maximum atomic E-state index is 2.64. The molecule has 0 amide bonds. The quantitative estimate of drug-likeness (QED) is 0.832. The number of hydrogen-bond acceptors (Lipinski definition) is 3. The maximum absolute atomic E-state index is 2.64. The Labute approximate surface area is 158 Å². The highest BCUT2D eigenvalue weighted by Crippen LogP contribution is 2.25. The molecule has 1 aromatic heterocycles. The van der Waals surface area contributed by atoms with Crippen molar-refractivity contribution in [2.45, 2.75) is 52.1 Å². The second-order valence-electron chi connectivity index (χ2n) is 8.29. The lowest BCUT2D eigenvalue weighted by molar-refractivity contribution is 0.221. The summed E-state index contributed by atoms with van der Waals surface area (Å²) in [5, 5.41) is 3.99. The van der Waals surface area contributed by atoms with Crippen LogP contribution in [0.5, 0.6) is 0 Å². The van der Waals surface area contributed by atoms with Gasteiger partial charge in [0.05, 0.1) is 5.52 Å². The first-order chi connectivity index (χ1) is 12.7. The van der Waals surface area contributed by atoms with Gasteiger partial charge in [0.15, 0.2) is 0 Å². The van der Waals surface area contributed by atoms with E-state index in [9.17, 15) is 0 Å². The van der Waals surface area contributed by atoms with Gasteiger partial charge in [0, 0.05) is 50.3 Å². The highest BCUT2D eigenvalue weighted by molar-refractivity contribution is 5.84. The Kier molecular flexibility index (Phi) is 5.51. The van der Waals surface area contributed by atoms with E-state index in [0.717, 1.165) is 26.2 Å². The third kappa shape index (κ3) is 3.77. The topological polar surface area (TPSA) is 14.7 Å². The number of aromatic nitrogens is 1. The van der Waals surface area contributed by atoms with Gasteiger partial charge in [0.2, 0.25) is 0 Å². The molecule has 2 aliphatic heterocycles. The van der Waals surface area contributed by atoms with E-state index in [1.807, 2.05) is 0 Å². The largest absolute Gasteiger partial charge is 0.311 e. The third-order valence-electron chi connectivity index (χ3n) is 6.16. The van der Waals surface area contributed by atoms with Crippen molar-refractivity contribution >= 4 is 10.9 Å². The van der Waals surface area contributed by atoms with Gasteiger partial charge in [-0.3, -0.25) is 14.5 Å². The number of fused-ring (bicyclic) bond motifs is 1. The fourth-order valence-corrected chi connectivity index (χ4v) is 4.61. The Bertz CT molecular complexity index is 714. The molecule has 142 valence electrons. The second-order valence-corrected chi connectivity index (χ2v) is 8.29. The lowest BCUT2D eigenvalue weighted by Gasteiger charge is -2.27. The summed E-state index contributed by atoms with van der Waals surface area (Å²) in [7, 11) is 0. The Morgan fingerprint density at radius 3 is 2.46 bits per heavy atom. The van der Waals surface area contributed by atoms with Crippen molar-refractivity contribution in [1.29, 1.82) is 0 Å². The van der Waals surface area contributed by atoms with Gasteiger partial charge in [0.1, 0.15) is 0 Å². The van der Waals surface area contributed by atoms with Gasteiger partial charge >= 0.3 is 0 Å². The van der Waals surface area contributed by atoms with Crippen molar-refractivity contribution in [2.24, 2.45) is 0 Å². The number of nitrogens with zero attached hydrogens (tertiary/aromatic N) is 4. The molecule has 3 heterocycles. The highest BCUT2D eigenvalue weighted by Gasteiger charge is 2.20. The number of piperidine rings is 1. The lowest BCUT2D eigenvalue weighted by atomic mass is 10.1. The van der Waals surface area contributed by atoms with Crippen molar-refractivity contribution in [3.05, 3.63) is 36.0 Å². The summed E-state index contributed by atoms with van der Waals surface area (Å²) >= 11 is 0. The molecule has 0 unspecified atom stereocenters. The summed E-state index contributed by atoms with van der Waals surface area (Å²) in [6.45, 7) is 12.9. The van der Waals surface area contributed by atoms with Crippen molar-refractivity contribution < 1.29 is 0 Å². The minimum atomic E-state index is 0.644. The van der Waals surface area contributed by atoms with E-state index in [4.69, 9.17) is 0 Å². The molecule has 0 radical (unpaired) electrons. The molecular formula is C22H34N4.